The van der Waals surface area contributed by atoms with E-state index < -0.39 is 5.66 Å². The van der Waals surface area contributed by atoms with E-state index in [-0.39, 0.29) is 11.5 Å². The summed E-state index contributed by atoms with van der Waals surface area (Å²) < 4.78 is 6.33. The summed E-state index contributed by atoms with van der Waals surface area (Å²) in [5.41, 5.74) is 1.93. The van der Waals surface area contributed by atoms with Crippen LogP contribution in [0.5, 0.6) is 0 Å². The van der Waals surface area contributed by atoms with E-state index in [1.165, 1.54) is 5.56 Å². The molecule has 0 bridgehead atoms. The molecule has 5 nitrogen and oxygen atoms in total. The Hall–Kier alpha value is -1.79. The first-order valence-corrected chi connectivity index (χ1v) is 10.7. The number of fused-ring (bicyclic) bond motifs is 1. The highest BCUT2D eigenvalue weighted by Crippen LogP contribution is 2.43. The zero-order valence-electron chi connectivity index (χ0n) is 16.0. The Morgan fingerprint density at radius 3 is 2.48 bits per heavy atom. The molecule has 2 N–H and O–H groups in total. The lowest BCUT2D eigenvalue weighted by Gasteiger charge is -2.41. The second kappa shape index (κ2) is 7.17. The molecule has 2 fully saturated rings. The number of ether oxygens (including phenoxy) is 1. The molecule has 5 rings (SSSR count). The number of halogens is 2. The van der Waals surface area contributed by atoms with Crippen LogP contribution < -0.4 is 10.6 Å². The zero-order valence-corrected chi connectivity index (χ0v) is 17.5. The van der Waals surface area contributed by atoms with Crippen molar-refractivity contribution < 1.29 is 9.53 Å². The highest BCUT2D eigenvalue weighted by atomic mass is 35.5. The maximum Gasteiger partial charge on any atom is 0.255 e. The Kier molecular flexibility index (Phi) is 4.74. The van der Waals surface area contributed by atoms with Crippen molar-refractivity contribution in [2.45, 2.75) is 37.1 Å². The number of carbonyl (C=O) groups excluding carboxylic acids is 1. The molecule has 0 saturated carbocycles. The number of benzene rings is 2. The van der Waals surface area contributed by atoms with Gasteiger partial charge in [-0.05, 0) is 48.7 Å². The summed E-state index contributed by atoms with van der Waals surface area (Å²) in [6.07, 6.45) is 2.67. The van der Waals surface area contributed by atoms with E-state index in [2.05, 4.69) is 27.7 Å². The van der Waals surface area contributed by atoms with E-state index in [9.17, 15) is 4.79 Å². The molecular weight excluding hydrogens is 409 g/mol. The van der Waals surface area contributed by atoms with Crippen LogP contribution in [-0.2, 0) is 11.3 Å². The lowest BCUT2D eigenvalue weighted by Crippen LogP contribution is -2.59. The lowest BCUT2D eigenvalue weighted by molar-refractivity contribution is -0.0452. The van der Waals surface area contributed by atoms with Gasteiger partial charge in [0.05, 0.1) is 17.8 Å². The van der Waals surface area contributed by atoms with Crippen LogP contribution >= 0.6 is 23.2 Å². The van der Waals surface area contributed by atoms with Gasteiger partial charge in [0.1, 0.15) is 5.66 Å². The van der Waals surface area contributed by atoms with Gasteiger partial charge in [-0.3, -0.25) is 9.69 Å². The Bertz CT molecular complexity index is 942. The molecule has 3 aliphatic heterocycles. The number of hydrogen-bond donors (Lipinski definition) is 2. The minimum atomic E-state index is -0.545. The molecule has 0 aromatic heterocycles. The number of carbonyl (C=O) groups is 1. The molecule has 7 heteroatoms. The molecule has 0 aliphatic carbocycles. The zero-order chi connectivity index (χ0) is 20.1. The van der Waals surface area contributed by atoms with Gasteiger partial charge >= 0.3 is 0 Å². The van der Waals surface area contributed by atoms with Crippen LogP contribution in [0, 0.1) is 0 Å². The van der Waals surface area contributed by atoms with Gasteiger partial charge < -0.3 is 15.4 Å². The van der Waals surface area contributed by atoms with Crippen LogP contribution in [0.15, 0.2) is 42.5 Å². The molecule has 0 radical (unpaired) electrons. The average Bonchev–Trinajstić information content (AvgIpc) is 3.04. The Labute approximate surface area is 180 Å². The van der Waals surface area contributed by atoms with Gasteiger partial charge in [-0.2, -0.15) is 0 Å². The van der Waals surface area contributed by atoms with Crippen LogP contribution in [0.3, 0.4) is 0 Å². The van der Waals surface area contributed by atoms with Gasteiger partial charge in [-0.15, -0.1) is 0 Å². The fourth-order valence-electron chi connectivity index (χ4n) is 4.76. The van der Waals surface area contributed by atoms with Crippen molar-refractivity contribution >= 4 is 34.8 Å². The van der Waals surface area contributed by atoms with Crippen molar-refractivity contribution in [3.05, 3.63) is 63.6 Å². The molecule has 1 amide bonds. The summed E-state index contributed by atoms with van der Waals surface area (Å²) in [7, 11) is 0. The number of nitrogens with one attached hydrogen (secondary N) is 2. The van der Waals surface area contributed by atoms with Crippen LogP contribution in [0.4, 0.5) is 5.69 Å². The first kappa shape index (κ1) is 19.2. The third-order valence-electron chi connectivity index (χ3n) is 6.29. The topological polar surface area (TPSA) is 53.6 Å². The molecule has 2 spiro atoms. The SMILES string of the molecule is O=C1N[C@@]2(COC3(CCN(Cc4ccc(Cl)cc4)CC3)C2)Nc2ccc(Cl)cc21. The maximum absolute atomic E-state index is 12.7. The highest BCUT2D eigenvalue weighted by molar-refractivity contribution is 6.31. The average molecular weight is 432 g/mol. The van der Waals surface area contributed by atoms with E-state index in [4.69, 9.17) is 27.9 Å². The van der Waals surface area contributed by atoms with Crippen molar-refractivity contribution in [3.8, 4) is 0 Å². The summed E-state index contributed by atoms with van der Waals surface area (Å²) in [5.74, 6) is -0.0953. The third-order valence-corrected chi connectivity index (χ3v) is 6.78. The Morgan fingerprint density at radius 1 is 1.00 bits per heavy atom. The number of rotatable bonds is 2. The molecule has 152 valence electrons. The van der Waals surface area contributed by atoms with E-state index in [1.54, 1.807) is 12.1 Å². The van der Waals surface area contributed by atoms with Gasteiger partial charge in [0.25, 0.3) is 5.91 Å². The van der Waals surface area contributed by atoms with E-state index in [0.29, 0.717) is 17.2 Å². The van der Waals surface area contributed by atoms with E-state index in [0.717, 1.165) is 49.6 Å². The molecule has 2 aromatic carbocycles. The quantitative estimate of drug-likeness (QED) is 0.743. The number of amides is 1. The number of likely N-dealkylation sites (tertiary alicyclic amines) is 1. The predicted octanol–water partition coefficient (Wildman–Crippen LogP) is 4.30. The van der Waals surface area contributed by atoms with Crippen molar-refractivity contribution in [2.24, 2.45) is 0 Å². The molecule has 2 saturated heterocycles. The van der Waals surface area contributed by atoms with Crippen LogP contribution in [0.25, 0.3) is 0 Å². The predicted molar refractivity (Wildman–Crippen MR) is 115 cm³/mol. The minimum Gasteiger partial charge on any atom is -0.370 e. The summed E-state index contributed by atoms with van der Waals surface area (Å²) >= 11 is 12.0. The normalized spacial score (nSPS) is 25.7. The lowest BCUT2D eigenvalue weighted by atomic mass is 9.84. The second-order valence-corrected chi connectivity index (χ2v) is 9.28. The first-order valence-electron chi connectivity index (χ1n) is 9.95. The van der Waals surface area contributed by atoms with Crippen molar-refractivity contribution in [3.63, 3.8) is 0 Å². The first-order chi connectivity index (χ1) is 13.9. The number of hydrogen-bond acceptors (Lipinski definition) is 4. The second-order valence-electron chi connectivity index (χ2n) is 8.40. The van der Waals surface area contributed by atoms with Gasteiger partial charge in [0.15, 0.2) is 0 Å². The fourth-order valence-corrected chi connectivity index (χ4v) is 5.06. The molecule has 3 heterocycles. The molecule has 2 aromatic rings. The van der Waals surface area contributed by atoms with E-state index >= 15 is 0 Å². The highest BCUT2D eigenvalue weighted by Gasteiger charge is 2.53. The van der Waals surface area contributed by atoms with Crippen molar-refractivity contribution in [2.75, 3.05) is 25.0 Å². The van der Waals surface area contributed by atoms with Crippen molar-refractivity contribution in [1.29, 1.82) is 0 Å². The van der Waals surface area contributed by atoms with Gasteiger partial charge in [-0.1, -0.05) is 35.3 Å². The van der Waals surface area contributed by atoms with Gasteiger partial charge in [0, 0.05) is 41.8 Å². The molecule has 3 aliphatic rings. The monoisotopic (exact) mass is 431 g/mol. The largest absolute Gasteiger partial charge is 0.370 e. The molecule has 1 atom stereocenters. The summed E-state index contributed by atoms with van der Waals surface area (Å²) in [6.45, 7) is 3.33. The number of piperidine rings is 1. The molecular formula is C22H23Cl2N3O2. The molecule has 0 unspecified atom stereocenters. The Morgan fingerprint density at radius 2 is 1.72 bits per heavy atom. The van der Waals surface area contributed by atoms with Crippen molar-refractivity contribution in [1.82, 2.24) is 10.2 Å². The summed E-state index contributed by atoms with van der Waals surface area (Å²) in [6, 6.07) is 13.4. The molecule has 29 heavy (non-hydrogen) atoms. The summed E-state index contributed by atoms with van der Waals surface area (Å²) in [4.78, 5) is 15.1. The van der Waals surface area contributed by atoms with Gasteiger partial charge in [-0.25, -0.2) is 0 Å². The number of nitrogens with zero attached hydrogens (tertiary/aromatic N) is 1. The standard InChI is InChI=1S/C22H23Cl2N3O2/c23-16-3-1-15(2-4-16)12-27-9-7-21(8-10-27)13-22(14-29-21)25-19-6-5-17(24)11-18(19)20(28)26-22/h1-6,11,25H,7-10,12-14H2,(H,26,28)/t22-/m0/s1. The van der Waals surface area contributed by atoms with Gasteiger partial charge in [0.2, 0.25) is 0 Å². The summed E-state index contributed by atoms with van der Waals surface area (Å²) in [5, 5.41) is 7.98. The minimum absolute atomic E-state index is 0.0953. The fraction of sp³-hybridized carbons (Fsp3) is 0.409. The third kappa shape index (κ3) is 3.73. The van der Waals surface area contributed by atoms with Crippen LogP contribution in [0.1, 0.15) is 35.2 Å². The van der Waals surface area contributed by atoms with E-state index in [1.807, 2.05) is 18.2 Å². The maximum atomic E-state index is 12.7. The Balaban J connectivity index is 1.25. The smallest absolute Gasteiger partial charge is 0.255 e. The van der Waals surface area contributed by atoms with Crippen LogP contribution in [-0.4, -0.2) is 41.8 Å². The number of anilines is 1. The van der Waals surface area contributed by atoms with Crippen LogP contribution in [0.2, 0.25) is 10.0 Å².